The Labute approximate surface area is 156 Å². The van der Waals surface area contributed by atoms with Crippen LogP contribution in [-0.4, -0.2) is 24.8 Å². The third kappa shape index (κ3) is 3.10. The number of nitrogen functional groups attached to an aromatic ring is 1. The van der Waals surface area contributed by atoms with Gasteiger partial charge in [-0.15, -0.1) is 0 Å². The van der Waals surface area contributed by atoms with Crippen molar-refractivity contribution in [3.63, 3.8) is 0 Å². The van der Waals surface area contributed by atoms with Gasteiger partial charge >= 0.3 is 0 Å². The van der Waals surface area contributed by atoms with E-state index in [-0.39, 0.29) is 5.82 Å². The Balaban J connectivity index is 1.74. The van der Waals surface area contributed by atoms with Crippen LogP contribution in [-0.2, 0) is 6.54 Å². The van der Waals surface area contributed by atoms with Crippen molar-refractivity contribution in [2.24, 2.45) is 0 Å². The Bertz CT molecular complexity index is 1100. The number of ether oxygens (including phenoxy) is 1. The summed E-state index contributed by atoms with van der Waals surface area (Å²) in [5, 5.41) is 7.49. The van der Waals surface area contributed by atoms with Crippen molar-refractivity contribution in [1.82, 2.24) is 24.8 Å². The average molecular weight is 364 g/mol. The van der Waals surface area contributed by atoms with E-state index >= 15 is 0 Å². The topological polar surface area (TPSA) is 105 Å². The largest absolute Gasteiger partial charge is 0.439 e. The SMILES string of the molecule is CCn1c(-c2nonc2N)nc2cnc(Oc3cccc(C(C)C)c3)cc21. The second-order valence-corrected chi connectivity index (χ2v) is 6.52. The lowest BCUT2D eigenvalue weighted by Gasteiger charge is -2.09. The first kappa shape index (κ1) is 17.0. The van der Waals surface area contributed by atoms with E-state index in [4.69, 9.17) is 15.1 Å². The minimum atomic E-state index is 0.204. The highest BCUT2D eigenvalue weighted by Gasteiger charge is 2.19. The van der Waals surface area contributed by atoms with Crippen molar-refractivity contribution in [2.75, 3.05) is 5.73 Å². The van der Waals surface area contributed by atoms with Crippen LogP contribution in [0.3, 0.4) is 0 Å². The first-order chi connectivity index (χ1) is 13.1. The summed E-state index contributed by atoms with van der Waals surface area (Å²) in [7, 11) is 0. The zero-order valence-electron chi connectivity index (χ0n) is 15.4. The lowest BCUT2D eigenvalue weighted by Crippen LogP contribution is -2.00. The molecule has 0 aliphatic carbocycles. The predicted octanol–water partition coefficient (Wildman–Crippen LogP) is 4.00. The third-order valence-electron chi connectivity index (χ3n) is 4.40. The molecule has 4 rings (SSSR count). The lowest BCUT2D eigenvalue weighted by molar-refractivity contribution is 0.310. The number of nitrogens with zero attached hydrogens (tertiary/aromatic N) is 5. The van der Waals surface area contributed by atoms with Gasteiger partial charge in [0, 0.05) is 12.6 Å². The molecule has 8 nitrogen and oxygen atoms in total. The van der Waals surface area contributed by atoms with Gasteiger partial charge in [0.1, 0.15) is 11.3 Å². The van der Waals surface area contributed by atoms with Crippen LogP contribution in [0.4, 0.5) is 5.82 Å². The number of aromatic nitrogens is 5. The first-order valence-corrected chi connectivity index (χ1v) is 8.79. The van der Waals surface area contributed by atoms with Crippen molar-refractivity contribution < 1.29 is 9.37 Å². The molecule has 4 aromatic rings. The first-order valence-electron chi connectivity index (χ1n) is 8.79. The van der Waals surface area contributed by atoms with Crippen molar-refractivity contribution in [3.05, 3.63) is 42.1 Å². The Morgan fingerprint density at radius 3 is 2.78 bits per heavy atom. The molecule has 3 aromatic heterocycles. The summed E-state index contributed by atoms with van der Waals surface area (Å²) in [5.74, 6) is 2.47. The minimum Gasteiger partial charge on any atom is -0.439 e. The molecule has 0 bridgehead atoms. The molecule has 1 aromatic carbocycles. The van der Waals surface area contributed by atoms with Gasteiger partial charge in [-0.1, -0.05) is 26.0 Å². The van der Waals surface area contributed by atoms with Crippen LogP contribution in [0.1, 0.15) is 32.3 Å². The zero-order valence-corrected chi connectivity index (χ0v) is 15.4. The van der Waals surface area contributed by atoms with Crippen LogP contribution in [0.15, 0.2) is 41.2 Å². The monoisotopic (exact) mass is 364 g/mol. The molecule has 0 aliphatic rings. The molecule has 0 fully saturated rings. The Kier molecular flexibility index (Phi) is 4.23. The van der Waals surface area contributed by atoms with Crippen molar-refractivity contribution in [3.8, 4) is 23.1 Å². The van der Waals surface area contributed by atoms with Gasteiger partial charge in [0.25, 0.3) is 0 Å². The van der Waals surface area contributed by atoms with Crippen LogP contribution in [0.5, 0.6) is 11.6 Å². The molecular formula is C19H20N6O2. The maximum Gasteiger partial charge on any atom is 0.221 e. The van der Waals surface area contributed by atoms with E-state index in [9.17, 15) is 0 Å². The number of hydrogen-bond acceptors (Lipinski definition) is 7. The highest BCUT2D eigenvalue weighted by atomic mass is 16.6. The highest BCUT2D eigenvalue weighted by Crippen LogP contribution is 2.30. The van der Waals surface area contributed by atoms with Gasteiger partial charge in [0.2, 0.25) is 5.88 Å². The molecule has 27 heavy (non-hydrogen) atoms. The molecular weight excluding hydrogens is 344 g/mol. The normalized spacial score (nSPS) is 11.4. The number of pyridine rings is 1. The highest BCUT2D eigenvalue weighted by molar-refractivity contribution is 5.81. The fraction of sp³-hybridized carbons (Fsp3) is 0.263. The van der Waals surface area contributed by atoms with E-state index in [0.29, 0.717) is 29.9 Å². The minimum absolute atomic E-state index is 0.204. The molecule has 0 saturated carbocycles. The van der Waals surface area contributed by atoms with Gasteiger partial charge in [-0.3, -0.25) is 0 Å². The molecule has 0 atom stereocenters. The summed E-state index contributed by atoms with van der Waals surface area (Å²) in [4.78, 5) is 8.96. The van der Waals surface area contributed by atoms with Gasteiger partial charge in [-0.2, -0.15) is 0 Å². The molecule has 3 heterocycles. The Hall–Kier alpha value is -3.42. The van der Waals surface area contributed by atoms with Gasteiger partial charge < -0.3 is 15.0 Å². The van der Waals surface area contributed by atoms with Crippen molar-refractivity contribution in [2.45, 2.75) is 33.2 Å². The van der Waals surface area contributed by atoms with E-state index in [2.05, 4.69) is 40.2 Å². The fourth-order valence-corrected chi connectivity index (χ4v) is 2.98. The Morgan fingerprint density at radius 2 is 2.07 bits per heavy atom. The summed E-state index contributed by atoms with van der Waals surface area (Å²) < 4.78 is 12.7. The lowest BCUT2D eigenvalue weighted by atomic mass is 10.0. The molecule has 138 valence electrons. The predicted molar refractivity (Wildman–Crippen MR) is 102 cm³/mol. The second-order valence-electron chi connectivity index (χ2n) is 6.52. The zero-order chi connectivity index (χ0) is 19.0. The average Bonchev–Trinajstić information content (AvgIpc) is 3.24. The number of imidazole rings is 1. The van der Waals surface area contributed by atoms with Crippen LogP contribution >= 0.6 is 0 Å². The molecule has 0 spiro atoms. The summed E-state index contributed by atoms with van der Waals surface area (Å²) in [5.41, 5.74) is 9.05. The van der Waals surface area contributed by atoms with Crippen molar-refractivity contribution in [1.29, 1.82) is 0 Å². The van der Waals surface area contributed by atoms with Crippen LogP contribution in [0.2, 0.25) is 0 Å². The summed E-state index contributed by atoms with van der Waals surface area (Å²) >= 11 is 0. The number of nitrogens with two attached hydrogens (primary N) is 1. The number of hydrogen-bond donors (Lipinski definition) is 1. The number of fused-ring (bicyclic) bond motifs is 1. The molecule has 0 saturated heterocycles. The van der Waals surface area contributed by atoms with E-state index in [1.54, 1.807) is 6.20 Å². The number of rotatable bonds is 5. The molecule has 0 aliphatic heterocycles. The summed E-state index contributed by atoms with van der Waals surface area (Å²) in [6.45, 7) is 6.98. The fourth-order valence-electron chi connectivity index (χ4n) is 2.98. The van der Waals surface area contributed by atoms with Crippen molar-refractivity contribution >= 4 is 16.9 Å². The standard InChI is InChI=1S/C19H20N6O2/c1-4-25-15-9-16(26-13-7-5-6-12(8-13)11(2)3)21-10-14(15)22-19(25)17-18(20)24-27-23-17/h5-11H,4H2,1-3H3,(H2,20,24). The smallest absolute Gasteiger partial charge is 0.221 e. The van der Waals surface area contributed by atoms with E-state index in [1.165, 1.54) is 5.56 Å². The summed E-state index contributed by atoms with van der Waals surface area (Å²) in [6, 6.07) is 9.88. The van der Waals surface area contributed by atoms with E-state index in [0.717, 1.165) is 16.8 Å². The maximum atomic E-state index is 5.98. The second kappa shape index (κ2) is 6.71. The number of benzene rings is 1. The summed E-state index contributed by atoms with van der Waals surface area (Å²) in [6.07, 6.45) is 1.68. The number of anilines is 1. The van der Waals surface area contributed by atoms with E-state index < -0.39 is 0 Å². The molecule has 0 unspecified atom stereocenters. The Morgan fingerprint density at radius 1 is 1.22 bits per heavy atom. The third-order valence-corrected chi connectivity index (χ3v) is 4.40. The molecule has 2 N–H and O–H groups in total. The quantitative estimate of drug-likeness (QED) is 0.570. The van der Waals surface area contributed by atoms with Gasteiger partial charge in [0.15, 0.2) is 17.3 Å². The van der Waals surface area contributed by atoms with Gasteiger partial charge in [0.05, 0.1) is 11.7 Å². The molecule has 0 amide bonds. The van der Waals surface area contributed by atoms with Gasteiger partial charge in [-0.05, 0) is 40.9 Å². The van der Waals surface area contributed by atoms with Gasteiger partial charge in [-0.25, -0.2) is 14.6 Å². The van der Waals surface area contributed by atoms with Crippen LogP contribution < -0.4 is 10.5 Å². The van der Waals surface area contributed by atoms with Crippen LogP contribution in [0, 0.1) is 0 Å². The maximum absolute atomic E-state index is 5.98. The number of aryl methyl sites for hydroxylation is 1. The molecule has 0 radical (unpaired) electrons. The van der Waals surface area contributed by atoms with E-state index in [1.807, 2.05) is 35.8 Å². The molecule has 8 heteroatoms. The van der Waals surface area contributed by atoms with Crippen LogP contribution in [0.25, 0.3) is 22.6 Å².